The molecule has 16 heavy (non-hydrogen) atoms. The molecule has 2 aromatic rings. The van der Waals surface area contributed by atoms with Crippen LogP contribution in [0.3, 0.4) is 0 Å². The highest BCUT2D eigenvalue weighted by atomic mass is 16.5. The fourth-order valence-electron chi connectivity index (χ4n) is 1.86. The van der Waals surface area contributed by atoms with Gasteiger partial charge in [-0.3, -0.25) is 0 Å². The van der Waals surface area contributed by atoms with Gasteiger partial charge in [0.1, 0.15) is 0 Å². The van der Waals surface area contributed by atoms with Crippen molar-refractivity contribution >= 4 is 5.69 Å². The van der Waals surface area contributed by atoms with Gasteiger partial charge < -0.3 is 10.3 Å². The van der Waals surface area contributed by atoms with Gasteiger partial charge in [0.2, 0.25) is 11.7 Å². The fourth-order valence-corrected chi connectivity index (χ4v) is 1.86. The lowest BCUT2D eigenvalue weighted by Gasteiger charge is -1.97. The molecule has 4 nitrogen and oxygen atoms in total. The summed E-state index contributed by atoms with van der Waals surface area (Å²) in [5.74, 6) is 2.45. The number of nitrogen functional groups attached to an aromatic ring is 1. The van der Waals surface area contributed by atoms with Crippen LogP contribution in [-0.2, 0) is 0 Å². The molecule has 0 bridgehead atoms. The molecular formula is C12H13N3O. The lowest BCUT2D eigenvalue weighted by molar-refractivity contribution is 0.377. The average molecular weight is 215 g/mol. The molecule has 1 aliphatic carbocycles. The van der Waals surface area contributed by atoms with Crippen LogP contribution < -0.4 is 5.73 Å². The number of rotatable bonds is 2. The zero-order valence-electron chi connectivity index (χ0n) is 9.05. The van der Waals surface area contributed by atoms with Gasteiger partial charge in [-0.2, -0.15) is 4.98 Å². The van der Waals surface area contributed by atoms with Crippen LogP contribution in [0, 0.1) is 5.92 Å². The van der Waals surface area contributed by atoms with Crippen molar-refractivity contribution in [2.45, 2.75) is 19.3 Å². The molecular weight excluding hydrogens is 202 g/mol. The second-order valence-corrected chi connectivity index (χ2v) is 4.36. The maximum absolute atomic E-state index is 5.86. The lowest BCUT2D eigenvalue weighted by atomic mass is 10.2. The summed E-state index contributed by atoms with van der Waals surface area (Å²) in [4.78, 5) is 4.40. The van der Waals surface area contributed by atoms with E-state index >= 15 is 0 Å². The Labute approximate surface area is 93.5 Å². The molecule has 3 rings (SSSR count). The number of anilines is 1. The van der Waals surface area contributed by atoms with E-state index in [0.29, 0.717) is 23.3 Å². The number of nitrogens with zero attached hydrogens (tertiary/aromatic N) is 2. The Hall–Kier alpha value is -1.84. The van der Waals surface area contributed by atoms with E-state index in [1.165, 1.54) is 0 Å². The van der Waals surface area contributed by atoms with E-state index in [1.54, 1.807) is 0 Å². The minimum absolute atomic E-state index is 0.450. The zero-order valence-corrected chi connectivity index (χ0v) is 9.05. The first-order valence-corrected chi connectivity index (χ1v) is 5.44. The normalized spacial score (nSPS) is 23.3. The van der Waals surface area contributed by atoms with Crippen LogP contribution in [0.1, 0.15) is 25.2 Å². The van der Waals surface area contributed by atoms with Crippen molar-refractivity contribution in [3.05, 3.63) is 30.2 Å². The predicted octanol–water partition coefficient (Wildman–Crippen LogP) is 2.44. The first kappa shape index (κ1) is 9.39. The minimum Gasteiger partial charge on any atom is -0.398 e. The highest BCUT2D eigenvalue weighted by molar-refractivity contribution is 5.70. The van der Waals surface area contributed by atoms with Gasteiger partial charge in [0.05, 0.1) is 0 Å². The number of benzene rings is 1. The van der Waals surface area contributed by atoms with Gasteiger partial charge in [-0.25, -0.2) is 0 Å². The van der Waals surface area contributed by atoms with Crippen LogP contribution in [0.25, 0.3) is 11.4 Å². The van der Waals surface area contributed by atoms with Crippen LogP contribution >= 0.6 is 0 Å². The molecule has 0 amide bonds. The summed E-state index contributed by atoms with van der Waals surface area (Å²) in [5, 5.41) is 3.98. The topological polar surface area (TPSA) is 64.9 Å². The Morgan fingerprint density at radius 2 is 2.12 bits per heavy atom. The Bertz CT molecular complexity index is 520. The van der Waals surface area contributed by atoms with Crippen LogP contribution in [0.2, 0.25) is 0 Å². The van der Waals surface area contributed by atoms with Gasteiger partial charge in [-0.05, 0) is 24.5 Å². The average Bonchev–Trinajstić information content (AvgIpc) is 2.82. The predicted molar refractivity (Wildman–Crippen MR) is 60.7 cm³/mol. The van der Waals surface area contributed by atoms with Gasteiger partial charge in [0, 0.05) is 17.2 Å². The Kier molecular flexibility index (Phi) is 1.96. The summed E-state index contributed by atoms with van der Waals surface area (Å²) in [6, 6.07) is 7.55. The van der Waals surface area contributed by atoms with Gasteiger partial charge >= 0.3 is 0 Å². The van der Waals surface area contributed by atoms with E-state index in [9.17, 15) is 0 Å². The molecule has 1 aromatic carbocycles. The number of hydrogen-bond donors (Lipinski definition) is 1. The van der Waals surface area contributed by atoms with E-state index in [4.69, 9.17) is 10.3 Å². The van der Waals surface area contributed by atoms with Crippen molar-refractivity contribution in [2.75, 3.05) is 5.73 Å². The molecule has 1 aliphatic rings. The second kappa shape index (κ2) is 3.33. The Morgan fingerprint density at radius 3 is 2.81 bits per heavy atom. The van der Waals surface area contributed by atoms with Gasteiger partial charge in [0.25, 0.3) is 0 Å². The monoisotopic (exact) mass is 215 g/mol. The van der Waals surface area contributed by atoms with E-state index in [-0.39, 0.29) is 0 Å². The van der Waals surface area contributed by atoms with E-state index < -0.39 is 0 Å². The fraction of sp³-hybridized carbons (Fsp3) is 0.333. The molecule has 0 aliphatic heterocycles. The highest BCUT2D eigenvalue weighted by Gasteiger charge is 2.39. The van der Waals surface area contributed by atoms with Crippen molar-refractivity contribution in [1.82, 2.24) is 10.1 Å². The molecule has 82 valence electrons. The van der Waals surface area contributed by atoms with Gasteiger partial charge in [-0.15, -0.1) is 0 Å². The summed E-state index contributed by atoms with van der Waals surface area (Å²) in [6.07, 6.45) is 1.14. The van der Waals surface area contributed by atoms with Crippen molar-refractivity contribution < 1.29 is 4.52 Å². The first-order chi connectivity index (χ1) is 7.75. The van der Waals surface area contributed by atoms with E-state index in [1.807, 2.05) is 24.3 Å². The van der Waals surface area contributed by atoms with E-state index in [0.717, 1.165) is 17.9 Å². The smallest absolute Gasteiger partial charge is 0.230 e. The highest BCUT2D eigenvalue weighted by Crippen LogP contribution is 2.46. The number of nitrogens with two attached hydrogens (primary N) is 1. The summed E-state index contributed by atoms with van der Waals surface area (Å²) in [7, 11) is 0. The molecule has 0 radical (unpaired) electrons. The maximum Gasteiger partial charge on any atom is 0.230 e. The third-order valence-electron chi connectivity index (χ3n) is 3.07. The molecule has 2 atom stereocenters. The summed E-state index contributed by atoms with van der Waals surface area (Å²) in [5.41, 5.74) is 7.38. The van der Waals surface area contributed by atoms with Gasteiger partial charge in [0.15, 0.2) is 0 Å². The van der Waals surface area contributed by atoms with Crippen molar-refractivity contribution in [3.63, 3.8) is 0 Å². The second-order valence-electron chi connectivity index (χ2n) is 4.36. The largest absolute Gasteiger partial charge is 0.398 e. The Morgan fingerprint density at radius 1 is 1.38 bits per heavy atom. The molecule has 1 saturated carbocycles. The number of hydrogen-bond acceptors (Lipinski definition) is 4. The Balaban J connectivity index is 1.95. The molecule has 1 fully saturated rings. The van der Waals surface area contributed by atoms with Crippen LogP contribution in [0.4, 0.5) is 5.69 Å². The maximum atomic E-state index is 5.86. The quantitative estimate of drug-likeness (QED) is 0.781. The third kappa shape index (κ3) is 1.46. The molecule has 4 heteroatoms. The third-order valence-corrected chi connectivity index (χ3v) is 3.07. The minimum atomic E-state index is 0.450. The van der Waals surface area contributed by atoms with Crippen molar-refractivity contribution in [2.24, 2.45) is 5.92 Å². The molecule has 0 saturated heterocycles. The molecule has 2 unspecified atom stereocenters. The summed E-state index contributed by atoms with van der Waals surface area (Å²) < 4.78 is 5.25. The summed E-state index contributed by atoms with van der Waals surface area (Å²) >= 11 is 0. The van der Waals surface area contributed by atoms with Gasteiger partial charge in [-0.1, -0.05) is 24.2 Å². The summed E-state index contributed by atoms with van der Waals surface area (Å²) in [6.45, 7) is 2.19. The molecule has 0 spiro atoms. The first-order valence-electron chi connectivity index (χ1n) is 5.44. The molecule has 2 N–H and O–H groups in total. The van der Waals surface area contributed by atoms with Crippen LogP contribution in [0.15, 0.2) is 28.8 Å². The zero-order chi connectivity index (χ0) is 11.1. The number of para-hydroxylation sites is 1. The molecule has 1 aromatic heterocycles. The van der Waals surface area contributed by atoms with Crippen molar-refractivity contribution in [1.29, 1.82) is 0 Å². The molecule has 1 heterocycles. The lowest BCUT2D eigenvalue weighted by Crippen LogP contribution is -1.90. The standard InChI is InChI=1S/C12H13N3O/c1-7-6-9(7)12-14-11(15-16-12)8-4-2-3-5-10(8)13/h2-5,7,9H,6,13H2,1H3. The van der Waals surface area contributed by atoms with Crippen molar-refractivity contribution in [3.8, 4) is 11.4 Å². The number of aromatic nitrogens is 2. The SMILES string of the molecule is CC1CC1c1nc(-c2ccccc2N)no1. The van der Waals surface area contributed by atoms with E-state index in [2.05, 4.69) is 17.1 Å². The van der Waals surface area contributed by atoms with Crippen LogP contribution in [-0.4, -0.2) is 10.1 Å². The van der Waals surface area contributed by atoms with Crippen LogP contribution in [0.5, 0.6) is 0 Å².